The second-order valence-corrected chi connectivity index (χ2v) is 5.89. The van der Waals surface area contributed by atoms with Crippen molar-refractivity contribution in [2.24, 2.45) is 5.84 Å². The summed E-state index contributed by atoms with van der Waals surface area (Å²) >= 11 is 1.75. The van der Waals surface area contributed by atoms with Crippen LogP contribution in [0.3, 0.4) is 0 Å². The molecule has 0 aliphatic heterocycles. The third-order valence-corrected chi connectivity index (χ3v) is 4.10. The molecule has 0 saturated carbocycles. The van der Waals surface area contributed by atoms with Gasteiger partial charge in [-0.05, 0) is 30.0 Å². The lowest BCUT2D eigenvalue weighted by atomic mass is 10.3. The zero-order valence-electron chi connectivity index (χ0n) is 12.5. The molecule has 0 fully saturated rings. The number of para-hydroxylation sites is 1. The van der Waals surface area contributed by atoms with Gasteiger partial charge in [-0.25, -0.2) is 5.84 Å². The first kappa shape index (κ1) is 15.3. The predicted octanol–water partition coefficient (Wildman–Crippen LogP) is 3.22. The molecule has 0 aliphatic carbocycles. The molecule has 2 aromatic heterocycles. The van der Waals surface area contributed by atoms with Crippen molar-refractivity contribution >= 4 is 34.6 Å². The second kappa shape index (κ2) is 7.57. The minimum absolute atomic E-state index is 0.491. The Labute approximate surface area is 138 Å². The topological polar surface area (TPSA) is 87.9 Å². The Morgan fingerprint density at radius 3 is 2.57 bits per heavy atom. The van der Waals surface area contributed by atoms with Gasteiger partial charge in [-0.2, -0.15) is 9.97 Å². The number of aromatic nitrogens is 2. The quantitative estimate of drug-likeness (QED) is 0.394. The standard InChI is InChI=1S/C16H18N6S/c17-22-15-11-14(18-9-8-13-7-4-10-23-13)20-16(21-15)19-12-5-2-1-3-6-12/h1-7,10-11H,8-9,17H2,(H3,18,19,20,21,22). The van der Waals surface area contributed by atoms with Crippen LogP contribution in [-0.2, 0) is 6.42 Å². The molecule has 0 bridgehead atoms. The minimum Gasteiger partial charge on any atom is -0.369 e. The van der Waals surface area contributed by atoms with Crippen molar-refractivity contribution in [2.75, 3.05) is 22.6 Å². The average molecular weight is 326 g/mol. The molecule has 3 aromatic rings. The van der Waals surface area contributed by atoms with Crippen molar-refractivity contribution in [3.8, 4) is 0 Å². The Hall–Kier alpha value is -2.64. The highest BCUT2D eigenvalue weighted by Crippen LogP contribution is 2.18. The lowest BCUT2D eigenvalue weighted by molar-refractivity contribution is 1.02. The highest BCUT2D eigenvalue weighted by molar-refractivity contribution is 7.09. The van der Waals surface area contributed by atoms with E-state index in [0.29, 0.717) is 11.8 Å². The van der Waals surface area contributed by atoms with E-state index in [2.05, 4.69) is 43.5 Å². The molecule has 0 aliphatic rings. The molecular formula is C16H18N6S. The van der Waals surface area contributed by atoms with E-state index in [1.807, 2.05) is 30.3 Å². The first-order valence-electron chi connectivity index (χ1n) is 7.27. The number of nitrogen functional groups attached to an aromatic ring is 1. The van der Waals surface area contributed by atoms with Gasteiger partial charge in [-0.15, -0.1) is 11.3 Å². The van der Waals surface area contributed by atoms with Gasteiger partial charge in [0.05, 0.1) is 0 Å². The van der Waals surface area contributed by atoms with Gasteiger partial charge in [0.25, 0.3) is 0 Å². The van der Waals surface area contributed by atoms with Crippen LogP contribution in [0.4, 0.5) is 23.3 Å². The monoisotopic (exact) mass is 326 g/mol. The lowest BCUT2D eigenvalue weighted by Gasteiger charge is -2.10. The molecule has 3 rings (SSSR count). The van der Waals surface area contributed by atoms with Gasteiger partial charge in [-0.3, -0.25) is 0 Å². The lowest BCUT2D eigenvalue weighted by Crippen LogP contribution is -2.13. The first-order valence-corrected chi connectivity index (χ1v) is 8.15. The molecule has 0 atom stereocenters. The predicted molar refractivity (Wildman–Crippen MR) is 96.1 cm³/mol. The van der Waals surface area contributed by atoms with Crippen molar-refractivity contribution in [3.05, 3.63) is 58.8 Å². The molecule has 0 unspecified atom stereocenters. The summed E-state index contributed by atoms with van der Waals surface area (Å²) < 4.78 is 0. The summed E-state index contributed by atoms with van der Waals surface area (Å²) in [7, 11) is 0. The van der Waals surface area contributed by atoms with E-state index in [-0.39, 0.29) is 0 Å². The first-order chi connectivity index (χ1) is 11.3. The SMILES string of the molecule is NNc1cc(NCCc2cccs2)nc(Nc2ccccc2)n1. The number of nitrogens with two attached hydrogens (primary N) is 1. The van der Waals surface area contributed by atoms with E-state index in [0.717, 1.165) is 24.5 Å². The van der Waals surface area contributed by atoms with Gasteiger partial charge in [-0.1, -0.05) is 24.3 Å². The third-order valence-electron chi connectivity index (χ3n) is 3.16. The molecule has 6 nitrogen and oxygen atoms in total. The summed E-state index contributed by atoms with van der Waals surface area (Å²) in [4.78, 5) is 10.1. The zero-order valence-corrected chi connectivity index (χ0v) is 13.3. The number of rotatable bonds is 7. The van der Waals surface area contributed by atoms with Crippen LogP contribution in [0.5, 0.6) is 0 Å². The average Bonchev–Trinajstić information content (AvgIpc) is 3.09. The van der Waals surface area contributed by atoms with E-state index in [4.69, 9.17) is 5.84 Å². The summed E-state index contributed by atoms with van der Waals surface area (Å²) in [5, 5.41) is 8.55. The highest BCUT2D eigenvalue weighted by Gasteiger charge is 2.04. The smallest absolute Gasteiger partial charge is 0.231 e. The number of hydrogen-bond acceptors (Lipinski definition) is 7. The molecule has 23 heavy (non-hydrogen) atoms. The Morgan fingerprint density at radius 1 is 1.00 bits per heavy atom. The molecule has 5 N–H and O–H groups in total. The van der Waals surface area contributed by atoms with E-state index < -0.39 is 0 Å². The maximum absolute atomic E-state index is 5.49. The van der Waals surface area contributed by atoms with Crippen LogP contribution in [0.15, 0.2) is 53.9 Å². The van der Waals surface area contributed by atoms with E-state index in [1.165, 1.54) is 4.88 Å². The van der Waals surface area contributed by atoms with Gasteiger partial charge in [0, 0.05) is 23.2 Å². The van der Waals surface area contributed by atoms with Crippen LogP contribution in [-0.4, -0.2) is 16.5 Å². The normalized spacial score (nSPS) is 10.3. The summed E-state index contributed by atoms with van der Waals surface area (Å²) in [6.45, 7) is 0.798. The van der Waals surface area contributed by atoms with Crippen molar-refractivity contribution < 1.29 is 0 Å². The van der Waals surface area contributed by atoms with Crippen molar-refractivity contribution in [3.63, 3.8) is 0 Å². The number of nitrogens with one attached hydrogen (secondary N) is 3. The number of hydrazine groups is 1. The van der Waals surface area contributed by atoms with E-state index in [9.17, 15) is 0 Å². The summed E-state index contributed by atoms with van der Waals surface area (Å²) in [6.07, 6.45) is 0.953. The minimum atomic E-state index is 0.491. The second-order valence-electron chi connectivity index (χ2n) is 4.85. The van der Waals surface area contributed by atoms with Crippen molar-refractivity contribution in [2.45, 2.75) is 6.42 Å². The van der Waals surface area contributed by atoms with Gasteiger partial charge in [0.2, 0.25) is 5.95 Å². The molecule has 1 aromatic carbocycles. The van der Waals surface area contributed by atoms with E-state index >= 15 is 0 Å². The van der Waals surface area contributed by atoms with Crippen LogP contribution in [0.25, 0.3) is 0 Å². The Bertz CT molecular complexity index is 730. The largest absolute Gasteiger partial charge is 0.369 e. The van der Waals surface area contributed by atoms with Gasteiger partial charge in [0.1, 0.15) is 11.6 Å². The van der Waals surface area contributed by atoms with Crippen LogP contribution >= 0.6 is 11.3 Å². The Balaban J connectivity index is 1.68. The molecular weight excluding hydrogens is 308 g/mol. The summed E-state index contributed by atoms with van der Waals surface area (Å²) in [6, 6.07) is 15.7. The van der Waals surface area contributed by atoms with Crippen LogP contribution in [0.2, 0.25) is 0 Å². The fourth-order valence-electron chi connectivity index (χ4n) is 2.09. The number of nitrogens with zero attached hydrogens (tertiary/aromatic N) is 2. The van der Waals surface area contributed by atoms with Gasteiger partial charge < -0.3 is 16.1 Å². The van der Waals surface area contributed by atoms with Crippen molar-refractivity contribution in [1.82, 2.24) is 9.97 Å². The molecule has 0 spiro atoms. The number of thiophene rings is 1. The van der Waals surface area contributed by atoms with Crippen molar-refractivity contribution in [1.29, 1.82) is 0 Å². The maximum atomic E-state index is 5.49. The van der Waals surface area contributed by atoms with Gasteiger partial charge >= 0.3 is 0 Å². The van der Waals surface area contributed by atoms with E-state index in [1.54, 1.807) is 17.4 Å². The molecule has 0 amide bonds. The van der Waals surface area contributed by atoms with Crippen LogP contribution in [0, 0.1) is 0 Å². The van der Waals surface area contributed by atoms with Crippen LogP contribution < -0.4 is 21.9 Å². The molecule has 118 valence electrons. The molecule has 0 saturated heterocycles. The van der Waals surface area contributed by atoms with Crippen LogP contribution in [0.1, 0.15) is 4.88 Å². The van der Waals surface area contributed by atoms with Gasteiger partial charge in [0.15, 0.2) is 0 Å². The molecule has 0 radical (unpaired) electrons. The fraction of sp³-hybridized carbons (Fsp3) is 0.125. The number of hydrogen-bond donors (Lipinski definition) is 4. The Kier molecular flexibility index (Phi) is 5.02. The zero-order chi connectivity index (χ0) is 15.9. The highest BCUT2D eigenvalue weighted by atomic mass is 32.1. The Morgan fingerprint density at radius 2 is 1.83 bits per heavy atom. The number of anilines is 4. The molecule has 7 heteroatoms. The molecule has 2 heterocycles. The number of benzene rings is 1. The third kappa shape index (κ3) is 4.41. The summed E-state index contributed by atoms with van der Waals surface area (Å²) in [5.74, 6) is 7.26. The fourth-order valence-corrected chi connectivity index (χ4v) is 2.80. The maximum Gasteiger partial charge on any atom is 0.231 e. The summed E-state index contributed by atoms with van der Waals surface area (Å²) in [5.41, 5.74) is 3.49.